The summed E-state index contributed by atoms with van der Waals surface area (Å²) < 4.78 is 40.4. The fraction of sp³-hybridized carbons (Fsp3) is 0.450. The van der Waals surface area contributed by atoms with E-state index in [0.29, 0.717) is 35.6 Å². The number of nitrogens with one attached hydrogen (secondary N) is 1. The molecule has 164 valence electrons. The number of fused-ring (bicyclic) bond motifs is 1. The molecule has 0 aliphatic carbocycles. The lowest BCUT2D eigenvalue weighted by Gasteiger charge is -2.26. The van der Waals surface area contributed by atoms with Gasteiger partial charge in [-0.25, -0.2) is 8.42 Å². The number of thiophene rings is 1. The molecule has 2 heterocycles. The zero-order valence-electron chi connectivity index (χ0n) is 17.1. The number of ether oxygens (including phenoxy) is 2. The van der Waals surface area contributed by atoms with Gasteiger partial charge in [-0.3, -0.25) is 4.79 Å². The van der Waals surface area contributed by atoms with Crippen LogP contribution in [0.2, 0.25) is 4.34 Å². The first-order chi connectivity index (χ1) is 14.2. The van der Waals surface area contributed by atoms with Gasteiger partial charge in [-0.1, -0.05) is 25.4 Å². The monoisotopic (exact) mass is 472 g/mol. The van der Waals surface area contributed by atoms with E-state index in [9.17, 15) is 13.2 Å². The summed E-state index contributed by atoms with van der Waals surface area (Å²) in [5.41, 5.74) is 0. The number of hydrogen-bond acceptors (Lipinski definition) is 6. The molecule has 7 nitrogen and oxygen atoms in total. The molecule has 0 saturated heterocycles. The second kappa shape index (κ2) is 9.55. The van der Waals surface area contributed by atoms with Crippen LogP contribution in [0.3, 0.4) is 0 Å². The SMILES string of the molecule is CC(C)C(NS(=O)(=O)c1ccc2c(c1)OCCCO2)C(=O)N(C)Cc1ccc(Cl)s1. The molecular formula is C20H25ClN2O5S2. The molecule has 1 aromatic carbocycles. The van der Waals surface area contributed by atoms with Gasteiger partial charge in [0.25, 0.3) is 0 Å². The normalized spacial score (nSPS) is 15.0. The molecule has 0 fully saturated rings. The second-order valence-electron chi connectivity index (χ2n) is 7.40. The van der Waals surface area contributed by atoms with Crippen LogP contribution in [0.25, 0.3) is 0 Å². The maximum Gasteiger partial charge on any atom is 0.241 e. The quantitative estimate of drug-likeness (QED) is 0.666. The molecule has 1 aromatic heterocycles. The van der Waals surface area contributed by atoms with Gasteiger partial charge in [0, 0.05) is 24.4 Å². The summed E-state index contributed by atoms with van der Waals surface area (Å²) in [5, 5.41) is 0. The van der Waals surface area contributed by atoms with Gasteiger partial charge in [0.05, 0.1) is 29.0 Å². The Bertz CT molecular complexity index is 1010. The highest BCUT2D eigenvalue weighted by atomic mass is 35.5. The molecule has 30 heavy (non-hydrogen) atoms. The van der Waals surface area contributed by atoms with Crippen molar-refractivity contribution in [1.82, 2.24) is 9.62 Å². The number of nitrogens with zero attached hydrogens (tertiary/aromatic N) is 1. The Balaban J connectivity index is 1.78. The average molecular weight is 473 g/mol. The molecule has 0 spiro atoms. The van der Waals surface area contributed by atoms with Gasteiger partial charge >= 0.3 is 0 Å². The number of amides is 1. The molecule has 1 N–H and O–H groups in total. The second-order valence-corrected chi connectivity index (χ2v) is 10.9. The molecule has 1 amide bonds. The Labute approximate surface area is 186 Å². The molecule has 10 heteroatoms. The predicted octanol–water partition coefficient (Wildman–Crippen LogP) is 3.52. The van der Waals surface area contributed by atoms with Crippen LogP contribution >= 0.6 is 22.9 Å². The van der Waals surface area contributed by atoms with E-state index in [-0.39, 0.29) is 16.7 Å². The molecule has 0 radical (unpaired) electrons. The van der Waals surface area contributed by atoms with E-state index in [0.717, 1.165) is 11.3 Å². The van der Waals surface area contributed by atoms with Gasteiger partial charge < -0.3 is 14.4 Å². The van der Waals surface area contributed by atoms with Crippen molar-refractivity contribution in [2.24, 2.45) is 5.92 Å². The van der Waals surface area contributed by atoms with E-state index >= 15 is 0 Å². The molecule has 0 bridgehead atoms. The van der Waals surface area contributed by atoms with Crippen molar-refractivity contribution in [2.75, 3.05) is 20.3 Å². The number of sulfonamides is 1. The third-order valence-electron chi connectivity index (χ3n) is 4.64. The van der Waals surface area contributed by atoms with Crippen LogP contribution in [0, 0.1) is 5.92 Å². The minimum atomic E-state index is -3.95. The fourth-order valence-electron chi connectivity index (χ4n) is 3.00. The van der Waals surface area contributed by atoms with Crippen LogP contribution in [-0.4, -0.2) is 45.5 Å². The lowest BCUT2D eigenvalue weighted by Crippen LogP contribution is -2.49. The highest BCUT2D eigenvalue weighted by molar-refractivity contribution is 7.89. The molecule has 2 aromatic rings. The molecule has 1 aliphatic rings. The lowest BCUT2D eigenvalue weighted by atomic mass is 10.0. The van der Waals surface area contributed by atoms with Crippen LogP contribution in [0.5, 0.6) is 11.5 Å². The van der Waals surface area contributed by atoms with Crippen molar-refractivity contribution >= 4 is 38.9 Å². The Morgan fingerprint density at radius 2 is 1.90 bits per heavy atom. The number of carbonyl (C=O) groups is 1. The Hall–Kier alpha value is -1.81. The van der Waals surface area contributed by atoms with Crippen molar-refractivity contribution in [3.8, 4) is 11.5 Å². The minimum Gasteiger partial charge on any atom is -0.490 e. The predicted molar refractivity (Wildman–Crippen MR) is 117 cm³/mol. The Morgan fingerprint density at radius 3 is 2.53 bits per heavy atom. The highest BCUT2D eigenvalue weighted by Gasteiger charge is 2.31. The summed E-state index contributed by atoms with van der Waals surface area (Å²) in [7, 11) is -2.30. The third kappa shape index (κ3) is 5.46. The lowest BCUT2D eigenvalue weighted by molar-refractivity contribution is -0.133. The summed E-state index contributed by atoms with van der Waals surface area (Å²) in [6, 6.07) is 7.17. The van der Waals surface area contributed by atoms with E-state index in [2.05, 4.69) is 4.72 Å². The third-order valence-corrected chi connectivity index (χ3v) is 7.30. The maximum atomic E-state index is 13.0. The highest BCUT2D eigenvalue weighted by Crippen LogP contribution is 2.32. The van der Waals surface area contributed by atoms with E-state index in [4.69, 9.17) is 21.1 Å². The summed E-state index contributed by atoms with van der Waals surface area (Å²) in [6.45, 7) is 4.92. The molecule has 1 aliphatic heterocycles. The first kappa shape index (κ1) is 22.9. The number of benzene rings is 1. The standard InChI is InChI=1S/C20H25ClN2O5S2/c1-13(2)19(20(24)23(3)12-14-5-8-18(21)29-14)22-30(25,26)15-6-7-16-17(11-15)28-10-4-9-27-16/h5-8,11,13,19,22H,4,9-10,12H2,1-3H3. The number of halogens is 1. The number of rotatable bonds is 7. The Kier molecular flexibility index (Phi) is 7.28. The van der Waals surface area contributed by atoms with Crippen LogP contribution in [-0.2, 0) is 21.4 Å². The first-order valence-electron chi connectivity index (χ1n) is 9.58. The van der Waals surface area contributed by atoms with Crippen LogP contribution in [0.1, 0.15) is 25.1 Å². The minimum absolute atomic E-state index is 0.0258. The van der Waals surface area contributed by atoms with Gasteiger partial charge in [-0.05, 0) is 30.2 Å². The van der Waals surface area contributed by atoms with Gasteiger partial charge in [0.1, 0.15) is 6.04 Å². The molecule has 0 saturated carbocycles. The van der Waals surface area contributed by atoms with Crippen LogP contribution in [0.15, 0.2) is 35.2 Å². The number of likely N-dealkylation sites (N-methyl/N-ethyl adjacent to an activating group) is 1. The summed E-state index contributed by atoms with van der Waals surface area (Å²) in [4.78, 5) is 15.5. The smallest absolute Gasteiger partial charge is 0.241 e. The van der Waals surface area contributed by atoms with Crippen LogP contribution in [0.4, 0.5) is 0 Å². The summed E-state index contributed by atoms with van der Waals surface area (Å²) in [6.07, 6.45) is 0.723. The molecular weight excluding hydrogens is 448 g/mol. The largest absolute Gasteiger partial charge is 0.490 e. The van der Waals surface area contributed by atoms with E-state index < -0.39 is 16.1 Å². The van der Waals surface area contributed by atoms with Crippen molar-refractivity contribution in [3.05, 3.63) is 39.5 Å². The van der Waals surface area contributed by atoms with Crippen LogP contribution < -0.4 is 14.2 Å². The Morgan fingerprint density at radius 1 is 1.20 bits per heavy atom. The summed E-state index contributed by atoms with van der Waals surface area (Å²) in [5.74, 6) is 0.335. The van der Waals surface area contributed by atoms with Gasteiger partial charge in [0.2, 0.25) is 15.9 Å². The van der Waals surface area contributed by atoms with Gasteiger partial charge in [-0.2, -0.15) is 4.72 Å². The average Bonchev–Trinajstić information content (AvgIpc) is 2.96. The molecule has 3 rings (SSSR count). The van der Waals surface area contributed by atoms with Crippen molar-refractivity contribution in [2.45, 2.75) is 37.8 Å². The first-order valence-corrected chi connectivity index (χ1v) is 12.3. The maximum absolute atomic E-state index is 13.0. The van der Waals surface area contributed by atoms with E-state index in [1.54, 1.807) is 33.0 Å². The number of carbonyl (C=O) groups excluding carboxylic acids is 1. The number of hydrogen-bond donors (Lipinski definition) is 1. The van der Waals surface area contributed by atoms with Crippen molar-refractivity contribution < 1.29 is 22.7 Å². The summed E-state index contributed by atoms with van der Waals surface area (Å²) >= 11 is 7.34. The zero-order chi connectivity index (χ0) is 21.9. The van der Waals surface area contributed by atoms with E-state index in [1.165, 1.54) is 28.4 Å². The zero-order valence-corrected chi connectivity index (χ0v) is 19.4. The van der Waals surface area contributed by atoms with Crippen molar-refractivity contribution in [3.63, 3.8) is 0 Å². The molecule has 1 unspecified atom stereocenters. The van der Waals surface area contributed by atoms with Gasteiger partial charge in [-0.15, -0.1) is 11.3 Å². The van der Waals surface area contributed by atoms with Gasteiger partial charge in [0.15, 0.2) is 11.5 Å². The fourth-order valence-corrected chi connectivity index (χ4v) is 5.50. The topological polar surface area (TPSA) is 84.9 Å². The molecule has 1 atom stereocenters. The van der Waals surface area contributed by atoms with E-state index in [1.807, 2.05) is 6.07 Å². The van der Waals surface area contributed by atoms with Crippen molar-refractivity contribution in [1.29, 1.82) is 0 Å².